The van der Waals surface area contributed by atoms with E-state index in [0.29, 0.717) is 17.6 Å². The maximum absolute atomic E-state index is 11.6. The van der Waals surface area contributed by atoms with Gasteiger partial charge in [-0.3, -0.25) is 4.79 Å². The van der Waals surface area contributed by atoms with Crippen LogP contribution in [0.2, 0.25) is 0 Å². The highest BCUT2D eigenvalue weighted by Gasteiger charge is 2.39. The summed E-state index contributed by atoms with van der Waals surface area (Å²) in [6.45, 7) is 6.35. The third-order valence-corrected chi connectivity index (χ3v) is 4.49. The summed E-state index contributed by atoms with van der Waals surface area (Å²) in [5.74, 6) is 2.87. The average Bonchev–Trinajstić information content (AvgIpc) is 2.17. The molecule has 0 heterocycles. The molecular weight excluding hydrogens is 184 g/mol. The molecule has 0 radical (unpaired) electrons. The summed E-state index contributed by atoms with van der Waals surface area (Å²) in [6, 6.07) is 0. The van der Waals surface area contributed by atoms with Gasteiger partial charge in [0.1, 0.15) is 5.78 Å². The molecule has 84 valence electrons. The molecule has 2 aliphatic carbocycles. The first-order valence-electron chi connectivity index (χ1n) is 6.27. The Kier molecular flexibility index (Phi) is 2.99. The number of hydrogen-bond donors (Lipinski definition) is 0. The van der Waals surface area contributed by atoms with E-state index in [-0.39, 0.29) is 0 Å². The molecule has 0 aromatic rings. The topological polar surface area (TPSA) is 17.1 Å². The molecule has 1 saturated carbocycles. The van der Waals surface area contributed by atoms with Crippen LogP contribution in [0.3, 0.4) is 0 Å². The molecule has 4 atom stereocenters. The lowest BCUT2D eigenvalue weighted by Gasteiger charge is -2.42. The van der Waals surface area contributed by atoms with Gasteiger partial charge in [0.2, 0.25) is 0 Å². The molecule has 0 bridgehead atoms. The van der Waals surface area contributed by atoms with Crippen LogP contribution in [0, 0.1) is 23.7 Å². The van der Waals surface area contributed by atoms with Crippen molar-refractivity contribution in [3.8, 4) is 0 Å². The van der Waals surface area contributed by atoms with E-state index in [0.717, 1.165) is 18.3 Å². The van der Waals surface area contributed by atoms with Crippen molar-refractivity contribution >= 4 is 5.78 Å². The number of allylic oxidation sites excluding steroid dienone is 2. The van der Waals surface area contributed by atoms with E-state index >= 15 is 0 Å². The van der Waals surface area contributed by atoms with Gasteiger partial charge in [0.15, 0.2) is 0 Å². The molecule has 0 aliphatic heterocycles. The van der Waals surface area contributed by atoms with E-state index in [1.54, 1.807) is 6.92 Å². The normalized spacial score (nSPS) is 40.6. The van der Waals surface area contributed by atoms with E-state index in [1.807, 2.05) is 0 Å². The van der Waals surface area contributed by atoms with Crippen molar-refractivity contribution in [1.29, 1.82) is 0 Å². The summed E-state index contributed by atoms with van der Waals surface area (Å²) in [5.41, 5.74) is 1.50. The monoisotopic (exact) mass is 206 g/mol. The molecule has 15 heavy (non-hydrogen) atoms. The standard InChI is InChI=1S/C14H22O/c1-9-4-6-12-10(2)5-7-13(11(3)15)14(12)8-9/h8,10,12-14H,4-7H2,1-3H3/t10-,12+,13+,14+/m1/s1. The first kappa shape index (κ1) is 10.9. The number of rotatable bonds is 1. The minimum Gasteiger partial charge on any atom is -0.300 e. The van der Waals surface area contributed by atoms with Crippen LogP contribution in [0.1, 0.15) is 46.5 Å². The highest BCUT2D eigenvalue weighted by atomic mass is 16.1. The first-order chi connectivity index (χ1) is 7.09. The van der Waals surface area contributed by atoms with Crippen LogP contribution in [-0.2, 0) is 4.79 Å². The molecule has 0 amide bonds. The predicted octanol–water partition coefficient (Wildman–Crippen LogP) is 3.59. The minimum atomic E-state index is 0.321. The van der Waals surface area contributed by atoms with Crippen LogP contribution in [-0.4, -0.2) is 5.78 Å². The van der Waals surface area contributed by atoms with Crippen LogP contribution in [0.25, 0.3) is 0 Å². The number of fused-ring (bicyclic) bond motifs is 1. The molecule has 2 aliphatic rings. The van der Waals surface area contributed by atoms with Crippen LogP contribution in [0.15, 0.2) is 11.6 Å². The maximum Gasteiger partial charge on any atom is 0.133 e. The largest absolute Gasteiger partial charge is 0.300 e. The SMILES string of the molecule is CC(=O)[C@@H]1CC[C@@H](C)[C@@H]2CCC(C)=C[C@@H]21. The smallest absolute Gasteiger partial charge is 0.133 e. The van der Waals surface area contributed by atoms with E-state index in [9.17, 15) is 4.79 Å². The van der Waals surface area contributed by atoms with Gasteiger partial charge in [-0.2, -0.15) is 0 Å². The van der Waals surface area contributed by atoms with Crippen molar-refractivity contribution in [2.24, 2.45) is 23.7 Å². The molecule has 1 nitrogen and oxygen atoms in total. The van der Waals surface area contributed by atoms with Crippen LogP contribution in [0.4, 0.5) is 0 Å². The molecule has 1 heteroatoms. The fourth-order valence-electron chi connectivity index (χ4n) is 3.52. The number of carbonyl (C=O) groups excluding carboxylic acids is 1. The second kappa shape index (κ2) is 4.11. The van der Waals surface area contributed by atoms with E-state index in [2.05, 4.69) is 19.9 Å². The second-order valence-electron chi connectivity index (χ2n) is 5.56. The molecule has 0 spiro atoms. The average molecular weight is 206 g/mol. The van der Waals surface area contributed by atoms with Gasteiger partial charge in [-0.05, 0) is 57.3 Å². The summed E-state index contributed by atoms with van der Waals surface area (Å²) in [4.78, 5) is 11.6. The van der Waals surface area contributed by atoms with Crippen LogP contribution in [0.5, 0.6) is 0 Å². The fraction of sp³-hybridized carbons (Fsp3) is 0.786. The zero-order valence-corrected chi connectivity index (χ0v) is 10.1. The third-order valence-electron chi connectivity index (χ3n) is 4.49. The van der Waals surface area contributed by atoms with Gasteiger partial charge in [0.25, 0.3) is 0 Å². The van der Waals surface area contributed by atoms with E-state index < -0.39 is 0 Å². The predicted molar refractivity (Wildman–Crippen MR) is 62.5 cm³/mol. The molecule has 1 fully saturated rings. The van der Waals surface area contributed by atoms with E-state index in [1.165, 1.54) is 24.8 Å². The number of Topliss-reactive ketones (excluding diaryl/α,β-unsaturated/α-hetero) is 1. The highest BCUT2D eigenvalue weighted by molar-refractivity contribution is 5.79. The Bertz CT molecular complexity index is 290. The fourth-order valence-corrected chi connectivity index (χ4v) is 3.52. The Morgan fingerprint density at radius 2 is 2.07 bits per heavy atom. The summed E-state index contributed by atoms with van der Waals surface area (Å²) < 4.78 is 0. The van der Waals surface area contributed by atoms with Crippen molar-refractivity contribution in [3.63, 3.8) is 0 Å². The lowest BCUT2D eigenvalue weighted by Crippen LogP contribution is -2.37. The quantitative estimate of drug-likeness (QED) is 0.599. The van der Waals surface area contributed by atoms with Gasteiger partial charge in [0.05, 0.1) is 0 Å². The maximum atomic E-state index is 11.6. The summed E-state index contributed by atoms with van der Waals surface area (Å²) >= 11 is 0. The van der Waals surface area contributed by atoms with Gasteiger partial charge in [-0.15, -0.1) is 0 Å². The van der Waals surface area contributed by atoms with Gasteiger partial charge in [-0.1, -0.05) is 18.6 Å². The van der Waals surface area contributed by atoms with E-state index in [4.69, 9.17) is 0 Å². The van der Waals surface area contributed by atoms with Gasteiger partial charge < -0.3 is 0 Å². The van der Waals surface area contributed by atoms with Gasteiger partial charge in [-0.25, -0.2) is 0 Å². The van der Waals surface area contributed by atoms with Crippen molar-refractivity contribution < 1.29 is 4.79 Å². The van der Waals surface area contributed by atoms with Gasteiger partial charge in [0, 0.05) is 5.92 Å². The van der Waals surface area contributed by atoms with Crippen molar-refractivity contribution in [3.05, 3.63) is 11.6 Å². The molecule has 0 aromatic carbocycles. The summed E-state index contributed by atoms with van der Waals surface area (Å²) in [7, 11) is 0. The number of ketones is 1. The van der Waals surface area contributed by atoms with Crippen molar-refractivity contribution in [1.82, 2.24) is 0 Å². The Morgan fingerprint density at radius 1 is 1.33 bits per heavy atom. The minimum absolute atomic E-state index is 0.321. The molecule has 0 unspecified atom stereocenters. The summed E-state index contributed by atoms with van der Waals surface area (Å²) in [5, 5.41) is 0. The van der Waals surface area contributed by atoms with Gasteiger partial charge >= 0.3 is 0 Å². The Morgan fingerprint density at radius 3 is 2.73 bits per heavy atom. The number of hydrogen-bond acceptors (Lipinski definition) is 1. The Hall–Kier alpha value is -0.590. The summed E-state index contributed by atoms with van der Waals surface area (Å²) in [6.07, 6.45) is 7.31. The highest BCUT2D eigenvalue weighted by Crippen LogP contribution is 2.45. The third kappa shape index (κ3) is 2.02. The molecule has 0 N–H and O–H groups in total. The Labute approximate surface area is 92.9 Å². The van der Waals surface area contributed by atoms with Crippen LogP contribution < -0.4 is 0 Å². The molecule has 0 saturated heterocycles. The number of carbonyl (C=O) groups is 1. The zero-order chi connectivity index (χ0) is 11.0. The molecule has 2 rings (SSSR count). The molecular formula is C14H22O. The zero-order valence-electron chi connectivity index (χ0n) is 10.1. The van der Waals surface area contributed by atoms with Crippen molar-refractivity contribution in [2.75, 3.05) is 0 Å². The lowest BCUT2D eigenvalue weighted by atomic mass is 9.62. The van der Waals surface area contributed by atoms with Crippen LogP contribution >= 0.6 is 0 Å². The van der Waals surface area contributed by atoms with Crippen molar-refractivity contribution in [2.45, 2.75) is 46.5 Å². The first-order valence-corrected chi connectivity index (χ1v) is 6.27. The second-order valence-corrected chi connectivity index (χ2v) is 5.56. The Balaban J connectivity index is 2.24. The molecule has 0 aromatic heterocycles. The lowest BCUT2D eigenvalue weighted by molar-refractivity contribution is -0.124.